The Bertz CT molecular complexity index is 960. The summed E-state index contributed by atoms with van der Waals surface area (Å²) in [6.45, 7) is 1.73. The molecule has 2 aromatic rings. The Labute approximate surface area is 158 Å². The van der Waals surface area contributed by atoms with Crippen LogP contribution in [0.1, 0.15) is 12.5 Å². The molecule has 0 radical (unpaired) electrons. The molecule has 2 heterocycles. The van der Waals surface area contributed by atoms with E-state index >= 15 is 0 Å². The molecule has 1 aliphatic heterocycles. The molecule has 28 heavy (non-hydrogen) atoms. The third kappa shape index (κ3) is 4.20. The molecule has 6 nitrogen and oxygen atoms in total. The summed E-state index contributed by atoms with van der Waals surface area (Å²) in [4.78, 5) is 3.46. The molecule has 0 spiro atoms. The Morgan fingerprint density at radius 1 is 1.21 bits per heavy atom. The minimum atomic E-state index is -4.53. The van der Waals surface area contributed by atoms with E-state index in [0.29, 0.717) is 0 Å². The highest BCUT2D eigenvalue weighted by Crippen LogP contribution is 2.32. The molecular formula is C17H16F4N2O4S. The Morgan fingerprint density at radius 2 is 1.93 bits per heavy atom. The second-order valence-electron chi connectivity index (χ2n) is 5.97. The van der Waals surface area contributed by atoms with Gasteiger partial charge in [-0.25, -0.2) is 17.8 Å². The van der Waals surface area contributed by atoms with Gasteiger partial charge in [0, 0.05) is 12.3 Å². The van der Waals surface area contributed by atoms with Gasteiger partial charge in [-0.05, 0) is 31.2 Å². The van der Waals surface area contributed by atoms with E-state index in [1.807, 2.05) is 0 Å². The van der Waals surface area contributed by atoms with E-state index in [1.54, 1.807) is 6.92 Å². The van der Waals surface area contributed by atoms with Crippen LogP contribution in [0.3, 0.4) is 0 Å². The number of ether oxygens (including phenoxy) is 2. The highest BCUT2D eigenvalue weighted by Gasteiger charge is 2.39. The smallest absolute Gasteiger partial charge is 0.416 e. The Balaban J connectivity index is 1.65. The standard InChI is InChI=1S/C17H16F4N2O4S/c1-2-26-15-4-3-13(8-14(15)18)28(24,25)23-9-12(10-23)27-16-7-11(5-6-22-16)17(19,20)21/h3-8,12H,2,9-10H2,1H3. The van der Waals surface area contributed by atoms with E-state index < -0.39 is 33.7 Å². The largest absolute Gasteiger partial charge is 0.491 e. The fourth-order valence-corrected chi connectivity index (χ4v) is 4.07. The molecular weight excluding hydrogens is 404 g/mol. The van der Waals surface area contributed by atoms with Crippen molar-refractivity contribution in [3.63, 3.8) is 0 Å². The maximum Gasteiger partial charge on any atom is 0.416 e. The summed E-state index contributed by atoms with van der Waals surface area (Å²) in [6, 6.07) is 4.88. The van der Waals surface area contributed by atoms with Crippen molar-refractivity contribution in [3.05, 3.63) is 47.9 Å². The topological polar surface area (TPSA) is 68.7 Å². The predicted molar refractivity (Wildman–Crippen MR) is 90.0 cm³/mol. The van der Waals surface area contributed by atoms with Gasteiger partial charge in [0.05, 0.1) is 30.2 Å². The highest BCUT2D eigenvalue weighted by molar-refractivity contribution is 7.89. The number of pyridine rings is 1. The molecule has 3 rings (SSSR count). The van der Waals surface area contributed by atoms with Gasteiger partial charge < -0.3 is 9.47 Å². The maximum atomic E-state index is 13.9. The fourth-order valence-electron chi connectivity index (χ4n) is 2.56. The Morgan fingerprint density at radius 3 is 2.54 bits per heavy atom. The SMILES string of the molecule is CCOc1ccc(S(=O)(=O)N2CC(Oc3cc(C(F)(F)F)ccn3)C2)cc1F. The lowest BCUT2D eigenvalue weighted by molar-refractivity contribution is -0.137. The molecule has 0 atom stereocenters. The van der Waals surface area contributed by atoms with Gasteiger partial charge in [-0.2, -0.15) is 17.5 Å². The predicted octanol–water partition coefficient (Wildman–Crippen LogP) is 3.09. The first-order valence-corrected chi connectivity index (χ1v) is 9.67. The lowest BCUT2D eigenvalue weighted by Crippen LogP contribution is -2.56. The quantitative estimate of drug-likeness (QED) is 0.672. The van der Waals surface area contributed by atoms with Crippen LogP contribution in [0.2, 0.25) is 0 Å². The average Bonchev–Trinajstić information content (AvgIpc) is 2.59. The van der Waals surface area contributed by atoms with Crippen molar-refractivity contribution >= 4 is 10.0 Å². The van der Waals surface area contributed by atoms with Crippen LogP contribution in [0.5, 0.6) is 11.6 Å². The van der Waals surface area contributed by atoms with Crippen LogP contribution in [0.4, 0.5) is 17.6 Å². The number of rotatable bonds is 6. The van der Waals surface area contributed by atoms with Gasteiger partial charge in [-0.15, -0.1) is 0 Å². The summed E-state index contributed by atoms with van der Waals surface area (Å²) < 4.78 is 88.5. The summed E-state index contributed by atoms with van der Waals surface area (Å²) in [6.07, 6.45) is -4.22. The van der Waals surface area contributed by atoms with Crippen LogP contribution >= 0.6 is 0 Å². The molecule has 11 heteroatoms. The number of hydrogen-bond donors (Lipinski definition) is 0. The second kappa shape index (κ2) is 7.55. The van der Waals surface area contributed by atoms with E-state index in [2.05, 4.69) is 4.98 Å². The maximum absolute atomic E-state index is 13.9. The van der Waals surface area contributed by atoms with E-state index in [0.717, 1.165) is 28.7 Å². The van der Waals surface area contributed by atoms with Crippen molar-refractivity contribution in [2.24, 2.45) is 0 Å². The second-order valence-corrected chi connectivity index (χ2v) is 7.91. The summed E-state index contributed by atoms with van der Waals surface area (Å²) in [5.74, 6) is -1.10. The fraction of sp³-hybridized carbons (Fsp3) is 0.353. The van der Waals surface area contributed by atoms with Gasteiger partial charge in [0.15, 0.2) is 11.6 Å². The first-order chi connectivity index (χ1) is 13.1. The molecule has 0 unspecified atom stereocenters. The minimum absolute atomic E-state index is 0.0538. The first-order valence-electron chi connectivity index (χ1n) is 8.23. The minimum Gasteiger partial charge on any atom is -0.491 e. The zero-order valence-electron chi connectivity index (χ0n) is 14.6. The molecule has 0 bridgehead atoms. The van der Waals surface area contributed by atoms with E-state index in [4.69, 9.17) is 9.47 Å². The van der Waals surface area contributed by atoms with Crippen LogP contribution in [0.25, 0.3) is 0 Å². The molecule has 1 aromatic heterocycles. The zero-order valence-corrected chi connectivity index (χ0v) is 15.4. The van der Waals surface area contributed by atoms with Gasteiger partial charge in [-0.1, -0.05) is 0 Å². The van der Waals surface area contributed by atoms with Crippen LogP contribution in [-0.2, 0) is 16.2 Å². The molecule has 0 amide bonds. The van der Waals surface area contributed by atoms with Crippen molar-refractivity contribution in [1.82, 2.24) is 9.29 Å². The molecule has 0 N–H and O–H groups in total. The Kier molecular flexibility index (Phi) is 5.48. The van der Waals surface area contributed by atoms with Gasteiger partial charge in [-0.3, -0.25) is 0 Å². The van der Waals surface area contributed by atoms with Crippen LogP contribution in [0, 0.1) is 5.82 Å². The van der Waals surface area contributed by atoms with Crippen molar-refractivity contribution in [2.75, 3.05) is 19.7 Å². The van der Waals surface area contributed by atoms with Gasteiger partial charge in [0.25, 0.3) is 0 Å². The Hall–Kier alpha value is -2.40. The molecule has 1 aromatic carbocycles. The summed E-state index contributed by atoms with van der Waals surface area (Å²) >= 11 is 0. The summed E-state index contributed by atoms with van der Waals surface area (Å²) in [5.41, 5.74) is -0.911. The van der Waals surface area contributed by atoms with Gasteiger partial charge in [0.1, 0.15) is 6.10 Å². The molecule has 1 aliphatic rings. The zero-order chi connectivity index (χ0) is 20.5. The lowest BCUT2D eigenvalue weighted by atomic mass is 10.2. The van der Waals surface area contributed by atoms with Crippen LogP contribution in [0.15, 0.2) is 41.4 Å². The molecule has 1 fully saturated rings. The van der Waals surface area contributed by atoms with Gasteiger partial charge >= 0.3 is 6.18 Å². The number of halogens is 4. The van der Waals surface area contributed by atoms with E-state index in [-0.39, 0.29) is 36.2 Å². The number of alkyl halides is 3. The number of benzene rings is 1. The third-order valence-corrected chi connectivity index (χ3v) is 5.83. The number of sulfonamides is 1. The first kappa shape index (κ1) is 20.3. The van der Waals surface area contributed by atoms with Crippen molar-refractivity contribution in [3.8, 4) is 11.6 Å². The molecule has 0 saturated carbocycles. The summed E-state index contributed by atoms with van der Waals surface area (Å²) in [5, 5.41) is 0. The summed E-state index contributed by atoms with van der Waals surface area (Å²) in [7, 11) is -3.96. The number of hydrogen-bond acceptors (Lipinski definition) is 5. The molecule has 152 valence electrons. The van der Waals surface area contributed by atoms with Crippen molar-refractivity contribution in [1.29, 1.82) is 0 Å². The normalized spacial score (nSPS) is 15.9. The molecule has 0 aliphatic carbocycles. The average molecular weight is 420 g/mol. The lowest BCUT2D eigenvalue weighted by Gasteiger charge is -2.37. The van der Waals surface area contributed by atoms with E-state index in [1.165, 1.54) is 12.1 Å². The van der Waals surface area contributed by atoms with Crippen LogP contribution in [-0.4, -0.2) is 43.5 Å². The molecule has 1 saturated heterocycles. The van der Waals surface area contributed by atoms with Crippen molar-refractivity contribution < 1.29 is 35.5 Å². The highest BCUT2D eigenvalue weighted by atomic mass is 32.2. The van der Waals surface area contributed by atoms with Crippen molar-refractivity contribution in [2.45, 2.75) is 24.1 Å². The van der Waals surface area contributed by atoms with Gasteiger partial charge in [0.2, 0.25) is 15.9 Å². The monoisotopic (exact) mass is 420 g/mol. The van der Waals surface area contributed by atoms with Crippen LogP contribution < -0.4 is 9.47 Å². The third-order valence-electron chi connectivity index (χ3n) is 4.01. The number of aromatic nitrogens is 1. The van der Waals surface area contributed by atoms with E-state index in [9.17, 15) is 26.0 Å². The number of nitrogens with zero attached hydrogens (tertiary/aromatic N) is 2.